The topological polar surface area (TPSA) is 59.0 Å². The van der Waals surface area contributed by atoms with E-state index in [-0.39, 0.29) is 6.04 Å². The number of nitrogens with zero attached hydrogens (tertiary/aromatic N) is 1. The van der Waals surface area contributed by atoms with Crippen LogP contribution in [0.1, 0.15) is 35.6 Å². The van der Waals surface area contributed by atoms with Crippen LogP contribution in [0, 0.1) is 6.92 Å². The van der Waals surface area contributed by atoms with Crippen LogP contribution < -0.4 is 9.47 Å². The first-order valence-electron chi connectivity index (χ1n) is 8.82. The minimum atomic E-state index is -0.784. The van der Waals surface area contributed by atoms with Crippen LogP contribution in [0.3, 0.4) is 0 Å². The molecule has 26 heavy (non-hydrogen) atoms. The van der Waals surface area contributed by atoms with E-state index in [0.29, 0.717) is 17.9 Å². The predicted molar refractivity (Wildman–Crippen MR) is 99.9 cm³/mol. The number of carboxylic acid groups (broad SMARTS) is 1. The normalized spacial score (nSPS) is 18.5. The van der Waals surface area contributed by atoms with Crippen LogP contribution in [0.2, 0.25) is 0 Å². The maximum atomic E-state index is 11.8. The van der Waals surface area contributed by atoms with Crippen LogP contribution in [-0.4, -0.2) is 42.8 Å². The SMILES string of the molecule is COc1cccc(OC)c1C(c1ccc(C)cc1)N1CCCC1C(=O)O. The van der Waals surface area contributed by atoms with Gasteiger partial charge in [0.2, 0.25) is 0 Å². The lowest BCUT2D eigenvalue weighted by atomic mass is 9.94. The van der Waals surface area contributed by atoms with Crippen LogP contribution >= 0.6 is 0 Å². The van der Waals surface area contributed by atoms with E-state index in [9.17, 15) is 9.90 Å². The lowest BCUT2D eigenvalue weighted by Crippen LogP contribution is -2.39. The van der Waals surface area contributed by atoms with Crippen LogP contribution in [0.15, 0.2) is 42.5 Å². The van der Waals surface area contributed by atoms with Gasteiger partial charge < -0.3 is 14.6 Å². The molecule has 5 nitrogen and oxygen atoms in total. The fraction of sp³-hybridized carbons (Fsp3) is 0.381. The van der Waals surface area contributed by atoms with Crippen LogP contribution in [0.5, 0.6) is 11.5 Å². The maximum absolute atomic E-state index is 11.8. The van der Waals surface area contributed by atoms with Crippen LogP contribution in [0.25, 0.3) is 0 Å². The fourth-order valence-corrected chi connectivity index (χ4v) is 3.79. The Morgan fingerprint density at radius 1 is 1.12 bits per heavy atom. The molecule has 1 fully saturated rings. The maximum Gasteiger partial charge on any atom is 0.320 e. The number of hydrogen-bond donors (Lipinski definition) is 1. The van der Waals surface area contributed by atoms with Crippen molar-refractivity contribution in [1.82, 2.24) is 4.90 Å². The average molecular weight is 355 g/mol. The molecule has 5 heteroatoms. The number of ether oxygens (including phenoxy) is 2. The van der Waals surface area contributed by atoms with Gasteiger partial charge in [-0.2, -0.15) is 0 Å². The predicted octanol–water partition coefficient (Wildman–Crippen LogP) is 3.65. The van der Waals surface area contributed by atoms with E-state index in [1.54, 1.807) is 14.2 Å². The Bertz CT molecular complexity index is 750. The summed E-state index contributed by atoms with van der Waals surface area (Å²) in [6.45, 7) is 2.76. The van der Waals surface area contributed by atoms with E-state index in [0.717, 1.165) is 29.7 Å². The fourth-order valence-electron chi connectivity index (χ4n) is 3.79. The summed E-state index contributed by atoms with van der Waals surface area (Å²) < 4.78 is 11.2. The Morgan fingerprint density at radius 2 is 1.73 bits per heavy atom. The standard InChI is InChI=1S/C21H25NO4/c1-14-9-11-15(12-10-14)20(22-13-5-6-16(22)21(23)24)19-17(25-2)7-4-8-18(19)26-3/h4,7-12,16,20H,5-6,13H2,1-3H3,(H,23,24). The first-order valence-corrected chi connectivity index (χ1v) is 8.82. The van der Waals surface area contributed by atoms with E-state index in [1.807, 2.05) is 30.0 Å². The van der Waals surface area contributed by atoms with Crippen molar-refractivity contribution >= 4 is 5.97 Å². The van der Waals surface area contributed by atoms with E-state index < -0.39 is 12.0 Å². The molecule has 0 amide bonds. The Balaban J connectivity index is 2.19. The molecular formula is C21H25NO4. The first kappa shape index (κ1) is 18.3. The zero-order chi connectivity index (χ0) is 18.7. The highest BCUT2D eigenvalue weighted by atomic mass is 16.5. The lowest BCUT2D eigenvalue weighted by molar-refractivity contribution is -0.142. The largest absolute Gasteiger partial charge is 0.496 e. The molecule has 0 bridgehead atoms. The molecule has 0 spiro atoms. The summed E-state index contributed by atoms with van der Waals surface area (Å²) in [5.41, 5.74) is 3.07. The summed E-state index contributed by atoms with van der Waals surface area (Å²) in [5, 5.41) is 9.72. The molecule has 1 aliphatic heterocycles. The Labute approximate surface area is 154 Å². The minimum absolute atomic E-state index is 0.245. The van der Waals surface area contributed by atoms with Crippen molar-refractivity contribution in [3.8, 4) is 11.5 Å². The summed E-state index contributed by atoms with van der Waals surface area (Å²) in [7, 11) is 3.26. The van der Waals surface area contributed by atoms with E-state index >= 15 is 0 Å². The van der Waals surface area contributed by atoms with E-state index in [1.165, 1.54) is 0 Å². The van der Waals surface area contributed by atoms with Gasteiger partial charge in [0, 0.05) is 6.54 Å². The van der Waals surface area contributed by atoms with Crippen molar-refractivity contribution in [1.29, 1.82) is 0 Å². The summed E-state index contributed by atoms with van der Waals surface area (Å²) >= 11 is 0. The van der Waals surface area contributed by atoms with Crippen molar-refractivity contribution < 1.29 is 19.4 Å². The van der Waals surface area contributed by atoms with Crippen LogP contribution in [-0.2, 0) is 4.79 Å². The molecule has 0 saturated carbocycles. The molecular weight excluding hydrogens is 330 g/mol. The van der Waals surface area contributed by atoms with Crippen LogP contribution in [0.4, 0.5) is 0 Å². The highest BCUT2D eigenvalue weighted by molar-refractivity contribution is 5.74. The highest BCUT2D eigenvalue weighted by Gasteiger charge is 2.39. The van der Waals surface area contributed by atoms with Crippen molar-refractivity contribution in [2.45, 2.75) is 31.8 Å². The number of methoxy groups -OCH3 is 2. The van der Waals surface area contributed by atoms with Gasteiger partial charge in [0.25, 0.3) is 0 Å². The van der Waals surface area contributed by atoms with Gasteiger partial charge in [-0.05, 0) is 37.5 Å². The second kappa shape index (κ2) is 7.79. The molecule has 1 aliphatic rings. The van der Waals surface area contributed by atoms with Gasteiger partial charge in [0.15, 0.2) is 0 Å². The number of likely N-dealkylation sites (tertiary alicyclic amines) is 1. The Kier molecular flexibility index (Phi) is 5.47. The van der Waals surface area contributed by atoms with Gasteiger partial charge in [-0.1, -0.05) is 35.9 Å². The number of benzene rings is 2. The third-order valence-corrected chi connectivity index (χ3v) is 5.04. The summed E-state index contributed by atoms with van der Waals surface area (Å²) in [4.78, 5) is 13.9. The second-order valence-corrected chi connectivity index (χ2v) is 6.62. The molecule has 0 radical (unpaired) electrons. The molecule has 138 valence electrons. The lowest BCUT2D eigenvalue weighted by Gasteiger charge is -2.33. The van der Waals surface area contributed by atoms with Gasteiger partial charge in [-0.15, -0.1) is 0 Å². The second-order valence-electron chi connectivity index (χ2n) is 6.62. The van der Waals surface area contributed by atoms with Crippen molar-refractivity contribution in [3.63, 3.8) is 0 Å². The molecule has 0 aliphatic carbocycles. The smallest absolute Gasteiger partial charge is 0.320 e. The van der Waals surface area contributed by atoms with Crippen molar-refractivity contribution in [3.05, 3.63) is 59.2 Å². The molecule has 2 aromatic rings. The summed E-state index contributed by atoms with van der Waals surface area (Å²) in [6.07, 6.45) is 1.51. The quantitative estimate of drug-likeness (QED) is 0.857. The zero-order valence-electron chi connectivity index (χ0n) is 15.4. The molecule has 2 atom stereocenters. The molecule has 1 N–H and O–H groups in total. The summed E-state index contributed by atoms with van der Waals surface area (Å²) in [5.74, 6) is 0.616. The summed E-state index contributed by atoms with van der Waals surface area (Å²) in [6, 6.07) is 13.1. The zero-order valence-corrected chi connectivity index (χ0v) is 15.4. The highest BCUT2D eigenvalue weighted by Crippen LogP contribution is 2.43. The Morgan fingerprint density at radius 3 is 2.27 bits per heavy atom. The molecule has 3 rings (SSSR count). The Hall–Kier alpha value is -2.53. The molecule has 2 unspecified atom stereocenters. The number of hydrogen-bond acceptors (Lipinski definition) is 4. The molecule has 1 saturated heterocycles. The van der Waals surface area contributed by atoms with Gasteiger partial charge in [-0.3, -0.25) is 9.69 Å². The van der Waals surface area contributed by atoms with Gasteiger partial charge >= 0.3 is 5.97 Å². The average Bonchev–Trinajstić information content (AvgIpc) is 3.13. The van der Waals surface area contributed by atoms with E-state index in [4.69, 9.17) is 9.47 Å². The van der Waals surface area contributed by atoms with Crippen molar-refractivity contribution in [2.24, 2.45) is 0 Å². The van der Waals surface area contributed by atoms with Gasteiger partial charge in [-0.25, -0.2) is 0 Å². The molecule has 0 aromatic heterocycles. The monoisotopic (exact) mass is 355 g/mol. The number of rotatable bonds is 6. The third-order valence-electron chi connectivity index (χ3n) is 5.04. The van der Waals surface area contributed by atoms with Gasteiger partial charge in [0.1, 0.15) is 17.5 Å². The molecule has 1 heterocycles. The third kappa shape index (κ3) is 3.40. The number of aliphatic carboxylic acids is 1. The number of carbonyl (C=O) groups is 1. The molecule has 2 aromatic carbocycles. The van der Waals surface area contributed by atoms with Crippen molar-refractivity contribution in [2.75, 3.05) is 20.8 Å². The first-order chi connectivity index (χ1) is 12.6. The minimum Gasteiger partial charge on any atom is -0.496 e. The number of aryl methyl sites for hydroxylation is 1. The van der Waals surface area contributed by atoms with Gasteiger partial charge in [0.05, 0.1) is 25.8 Å². The number of carboxylic acids is 1. The van der Waals surface area contributed by atoms with E-state index in [2.05, 4.69) is 24.3 Å².